The second-order valence-electron chi connectivity index (χ2n) is 7.71. The van der Waals surface area contributed by atoms with Gasteiger partial charge in [0.25, 0.3) is 0 Å². The number of halogens is 3. The van der Waals surface area contributed by atoms with Crippen LogP contribution >= 0.6 is 40.2 Å². The standard InChI is InChI=1S/C24H41Cl2NO.BrH/c1-4-7-8-9-10-11-12-13-14-15-21(27(5-2)6-3)18-19-28-22-16-17-23(25)24(26)20-22;/h16-17,20-21H,4-15,18-19H2,1-3H3;1H. The van der Waals surface area contributed by atoms with Gasteiger partial charge in [0.1, 0.15) is 5.75 Å². The maximum absolute atomic E-state index is 6.08. The minimum atomic E-state index is 0. The second-order valence-corrected chi connectivity index (χ2v) is 8.52. The maximum Gasteiger partial charge on any atom is 0.120 e. The van der Waals surface area contributed by atoms with Crippen LogP contribution in [0, 0.1) is 0 Å². The fourth-order valence-electron chi connectivity index (χ4n) is 3.82. The van der Waals surface area contributed by atoms with Gasteiger partial charge in [-0.15, -0.1) is 17.0 Å². The van der Waals surface area contributed by atoms with E-state index in [0.29, 0.717) is 16.1 Å². The minimum absolute atomic E-state index is 0. The van der Waals surface area contributed by atoms with E-state index in [1.54, 1.807) is 12.1 Å². The van der Waals surface area contributed by atoms with Crippen LogP contribution in [0.25, 0.3) is 0 Å². The van der Waals surface area contributed by atoms with Crippen molar-refractivity contribution in [1.82, 2.24) is 4.90 Å². The zero-order valence-corrected chi connectivity index (χ0v) is 22.0. The van der Waals surface area contributed by atoms with Gasteiger partial charge >= 0.3 is 0 Å². The van der Waals surface area contributed by atoms with Crippen LogP contribution in [0.3, 0.4) is 0 Å². The monoisotopic (exact) mass is 509 g/mol. The average Bonchev–Trinajstić information content (AvgIpc) is 2.69. The topological polar surface area (TPSA) is 12.5 Å². The zero-order valence-electron chi connectivity index (χ0n) is 18.7. The van der Waals surface area contributed by atoms with Gasteiger partial charge in [0.2, 0.25) is 0 Å². The van der Waals surface area contributed by atoms with Gasteiger partial charge in [0.15, 0.2) is 0 Å². The normalized spacial score (nSPS) is 12.1. The average molecular weight is 511 g/mol. The molecule has 0 aromatic heterocycles. The summed E-state index contributed by atoms with van der Waals surface area (Å²) < 4.78 is 5.93. The largest absolute Gasteiger partial charge is 0.493 e. The van der Waals surface area contributed by atoms with Crippen molar-refractivity contribution in [3.05, 3.63) is 28.2 Å². The Morgan fingerprint density at radius 1 is 0.793 bits per heavy atom. The number of rotatable bonds is 17. The lowest BCUT2D eigenvalue weighted by Gasteiger charge is -2.30. The van der Waals surface area contributed by atoms with Crippen molar-refractivity contribution < 1.29 is 4.74 Å². The number of hydrogen-bond donors (Lipinski definition) is 0. The highest BCUT2D eigenvalue weighted by Crippen LogP contribution is 2.26. The molecule has 2 nitrogen and oxygen atoms in total. The summed E-state index contributed by atoms with van der Waals surface area (Å²) in [6.07, 6.45) is 14.8. The summed E-state index contributed by atoms with van der Waals surface area (Å²) in [4.78, 5) is 2.57. The lowest BCUT2D eigenvalue weighted by molar-refractivity contribution is 0.165. The zero-order chi connectivity index (χ0) is 20.6. The summed E-state index contributed by atoms with van der Waals surface area (Å²) in [7, 11) is 0. The van der Waals surface area contributed by atoms with Gasteiger partial charge < -0.3 is 9.64 Å². The molecule has 0 radical (unpaired) electrons. The highest BCUT2D eigenvalue weighted by molar-refractivity contribution is 8.93. The van der Waals surface area contributed by atoms with E-state index in [0.717, 1.165) is 31.9 Å². The molecule has 0 saturated carbocycles. The maximum atomic E-state index is 6.08. The summed E-state index contributed by atoms with van der Waals surface area (Å²) in [6, 6.07) is 6.09. The first-order valence-electron chi connectivity index (χ1n) is 11.4. The molecule has 5 heteroatoms. The number of nitrogens with zero attached hydrogens (tertiary/aromatic N) is 1. The number of benzene rings is 1. The molecule has 1 aromatic rings. The number of hydrogen-bond acceptors (Lipinski definition) is 2. The van der Waals surface area contributed by atoms with Crippen LogP contribution in [-0.4, -0.2) is 30.6 Å². The molecule has 0 heterocycles. The Morgan fingerprint density at radius 2 is 1.38 bits per heavy atom. The third-order valence-corrected chi connectivity index (χ3v) is 6.32. The van der Waals surface area contributed by atoms with Crippen molar-refractivity contribution in [3.8, 4) is 5.75 Å². The minimum Gasteiger partial charge on any atom is -0.493 e. The van der Waals surface area contributed by atoms with Crippen LogP contribution in [0.15, 0.2) is 18.2 Å². The van der Waals surface area contributed by atoms with E-state index in [1.807, 2.05) is 6.07 Å². The summed E-state index contributed by atoms with van der Waals surface area (Å²) >= 11 is 12.1. The Balaban J connectivity index is 0.00000784. The first-order chi connectivity index (χ1) is 13.6. The van der Waals surface area contributed by atoms with E-state index in [9.17, 15) is 0 Å². The molecule has 0 N–H and O–H groups in total. The highest BCUT2D eigenvalue weighted by Gasteiger charge is 2.15. The van der Waals surface area contributed by atoms with Gasteiger partial charge in [0.05, 0.1) is 16.7 Å². The third kappa shape index (κ3) is 13.1. The van der Waals surface area contributed by atoms with Crippen LogP contribution in [-0.2, 0) is 0 Å². The quantitative estimate of drug-likeness (QED) is 0.194. The number of ether oxygens (including phenoxy) is 1. The second kappa shape index (κ2) is 18.8. The Morgan fingerprint density at radius 3 is 1.93 bits per heavy atom. The lowest BCUT2D eigenvalue weighted by atomic mass is 10.0. The molecule has 0 spiro atoms. The highest BCUT2D eigenvalue weighted by atomic mass is 79.9. The predicted octanol–water partition coefficient (Wildman–Crippen LogP) is 8.97. The van der Waals surface area contributed by atoms with E-state index in [2.05, 4.69) is 25.7 Å². The van der Waals surface area contributed by atoms with Crippen molar-refractivity contribution in [3.63, 3.8) is 0 Å². The van der Waals surface area contributed by atoms with E-state index >= 15 is 0 Å². The molecular formula is C24H42BrCl2NO. The molecule has 29 heavy (non-hydrogen) atoms. The lowest BCUT2D eigenvalue weighted by Crippen LogP contribution is -2.36. The van der Waals surface area contributed by atoms with Gasteiger partial charge in [-0.05, 0) is 38.1 Å². The summed E-state index contributed by atoms with van der Waals surface area (Å²) in [6.45, 7) is 9.72. The Bertz CT molecular complexity index is 512. The van der Waals surface area contributed by atoms with Crippen LogP contribution in [0.5, 0.6) is 5.75 Å². The van der Waals surface area contributed by atoms with Gasteiger partial charge in [-0.1, -0.05) is 102 Å². The molecule has 0 aliphatic rings. The predicted molar refractivity (Wildman–Crippen MR) is 135 cm³/mol. The van der Waals surface area contributed by atoms with Gasteiger partial charge in [-0.2, -0.15) is 0 Å². The van der Waals surface area contributed by atoms with E-state index in [1.165, 1.54) is 64.2 Å². The van der Waals surface area contributed by atoms with Crippen LogP contribution < -0.4 is 4.74 Å². The Hall–Kier alpha value is 0.0400. The number of unbranched alkanes of at least 4 members (excludes halogenated alkanes) is 8. The summed E-state index contributed by atoms with van der Waals surface area (Å²) in [5, 5.41) is 1.12. The molecule has 0 amide bonds. The van der Waals surface area contributed by atoms with E-state index in [4.69, 9.17) is 27.9 Å². The molecule has 1 unspecified atom stereocenters. The molecule has 1 atom stereocenters. The van der Waals surface area contributed by atoms with Crippen molar-refractivity contribution in [2.75, 3.05) is 19.7 Å². The van der Waals surface area contributed by atoms with Crippen molar-refractivity contribution >= 4 is 40.2 Å². The van der Waals surface area contributed by atoms with Crippen molar-refractivity contribution in [2.24, 2.45) is 0 Å². The van der Waals surface area contributed by atoms with Crippen molar-refractivity contribution in [1.29, 1.82) is 0 Å². The SMILES string of the molecule is Br.CCCCCCCCCCCC(CCOc1ccc(Cl)c(Cl)c1)N(CC)CC. The molecule has 0 aliphatic carbocycles. The molecule has 0 bridgehead atoms. The molecule has 0 aliphatic heterocycles. The molecular weight excluding hydrogens is 469 g/mol. The molecule has 0 saturated heterocycles. The Labute approximate surface area is 200 Å². The molecule has 1 rings (SSSR count). The molecule has 170 valence electrons. The summed E-state index contributed by atoms with van der Waals surface area (Å²) in [5.41, 5.74) is 0. The van der Waals surface area contributed by atoms with Gasteiger partial charge in [-0.25, -0.2) is 0 Å². The van der Waals surface area contributed by atoms with Crippen LogP contribution in [0.4, 0.5) is 0 Å². The van der Waals surface area contributed by atoms with Crippen molar-refractivity contribution in [2.45, 2.75) is 97.4 Å². The summed E-state index contributed by atoms with van der Waals surface area (Å²) in [5.74, 6) is 0.802. The smallest absolute Gasteiger partial charge is 0.120 e. The molecule has 0 fully saturated rings. The third-order valence-electron chi connectivity index (χ3n) is 5.58. The van der Waals surface area contributed by atoms with Crippen LogP contribution in [0.1, 0.15) is 91.4 Å². The molecule has 1 aromatic carbocycles. The Kier molecular flexibility index (Phi) is 18.8. The van der Waals surface area contributed by atoms with E-state index in [-0.39, 0.29) is 17.0 Å². The van der Waals surface area contributed by atoms with E-state index < -0.39 is 0 Å². The first kappa shape index (κ1) is 29.0. The van der Waals surface area contributed by atoms with Gasteiger partial charge in [-0.3, -0.25) is 0 Å². The first-order valence-corrected chi connectivity index (χ1v) is 12.2. The fourth-order valence-corrected chi connectivity index (χ4v) is 4.11. The van der Waals surface area contributed by atoms with Gasteiger partial charge in [0, 0.05) is 12.1 Å². The van der Waals surface area contributed by atoms with Crippen LogP contribution in [0.2, 0.25) is 10.0 Å². The fraction of sp³-hybridized carbons (Fsp3) is 0.750.